The summed E-state index contributed by atoms with van der Waals surface area (Å²) in [5.74, 6) is -0.251. The van der Waals surface area contributed by atoms with Crippen molar-refractivity contribution in [1.82, 2.24) is 0 Å². The number of benzene rings is 1. The van der Waals surface area contributed by atoms with Gasteiger partial charge < -0.3 is 15.3 Å². The molecule has 0 aliphatic heterocycles. The van der Waals surface area contributed by atoms with Gasteiger partial charge in [-0.3, -0.25) is 0 Å². The molecule has 0 spiro atoms. The summed E-state index contributed by atoms with van der Waals surface area (Å²) in [7, 11) is 0. The van der Waals surface area contributed by atoms with Crippen LogP contribution in [0.3, 0.4) is 0 Å². The highest BCUT2D eigenvalue weighted by Crippen LogP contribution is 2.28. The largest absolute Gasteiger partial charge is 0.508 e. The zero-order valence-electron chi connectivity index (χ0n) is 7.05. The SMILES string of the molecule is N#CC(O)C(O)c1ccc(Cl)cc1O. The van der Waals surface area contributed by atoms with Crippen LogP contribution in [-0.2, 0) is 0 Å². The fraction of sp³-hybridized carbons (Fsp3) is 0.222. The number of phenols is 1. The third-order valence-corrected chi connectivity index (χ3v) is 1.98. The average Bonchev–Trinajstić information content (AvgIpc) is 2.15. The van der Waals surface area contributed by atoms with E-state index in [0.717, 1.165) is 0 Å². The van der Waals surface area contributed by atoms with E-state index >= 15 is 0 Å². The Bertz CT molecular complexity index is 375. The number of halogens is 1. The van der Waals surface area contributed by atoms with Crippen LogP contribution >= 0.6 is 11.6 Å². The Morgan fingerprint density at radius 3 is 2.50 bits per heavy atom. The summed E-state index contributed by atoms with van der Waals surface area (Å²) in [6, 6.07) is 5.49. The molecule has 2 unspecified atom stereocenters. The van der Waals surface area contributed by atoms with E-state index in [0.29, 0.717) is 5.02 Å². The molecule has 0 aromatic heterocycles. The van der Waals surface area contributed by atoms with Crippen LogP contribution in [0.5, 0.6) is 5.75 Å². The zero-order chi connectivity index (χ0) is 10.7. The van der Waals surface area contributed by atoms with E-state index in [2.05, 4.69) is 0 Å². The number of nitriles is 1. The summed E-state index contributed by atoms with van der Waals surface area (Å²) in [6.45, 7) is 0. The molecule has 4 nitrogen and oxygen atoms in total. The second-order valence-electron chi connectivity index (χ2n) is 2.72. The molecular formula is C9H8ClNO3. The lowest BCUT2D eigenvalue weighted by Crippen LogP contribution is -2.15. The van der Waals surface area contributed by atoms with Crippen LogP contribution in [0.4, 0.5) is 0 Å². The fourth-order valence-corrected chi connectivity index (χ4v) is 1.17. The molecule has 0 amide bonds. The molecule has 0 bridgehead atoms. The third kappa shape index (κ3) is 2.15. The van der Waals surface area contributed by atoms with Gasteiger partial charge in [-0.1, -0.05) is 17.7 Å². The second kappa shape index (κ2) is 4.29. The Kier molecular flexibility index (Phi) is 3.31. The standard InChI is InChI=1S/C9H8ClNO3/c10-5-1-2-6(7(12)3-5)9(14)8(13)4-11/h1-3,8-9,12-14H. The van der Waals surface area contributed by atoms with Gasteiger partial charge in [-0.2, -0.15) is 5.26 Å². The van der Waals surface area contributed by atoms with Crippen molar-refractivity contribution in [3.63, 3.8) is 0 Å². The molecule has 0 aliphatic carbocycles. The maximum absolute atomic E-state index is 9.39. The van der Waals surface area contributed by atoms with Gasteiger partial charge in [0.15, 0.2) is 6.10 Å². The van der Waals surface area contributed by atoms with Crippen LogP contribution in [0.15, 0.2) is 18.2 Å². The summed E-state index contributed by atoms with van der Waals surface area (Å²) >= 11 is 5.57. The number of aliphatic hydroxyl groups is 2. The predicted octanol–water partition coefficient (Wildman–Crippen LogP) is 0.963. The number of hydrogen-bond acceptors (Lipinski definition) is 4. The molecular weight excluding hydrogens is 206 g/mol. The first-order valence-corrected chi connectivity index (χ1v) is 4.18. The van der Waals surface area contributed by atoms with Crippen molar-refractivity contribution in [3.8, 4) is 11.8 Å². The summed E-state index contributed by atoms with van der Waals surface area (Å²) in [4.78, 5) is 0. The Balaban J connectivity index is 3.03. The van der Waals surface area contributed by atoms with Crippen molar-refractivity contribution < 1.29 is 15.3 Å². The van der Waals surface area contributed by atoms with Gasteiger partial charge in [-0.15, -0.1) is 0 Å². The highest BCUT2D eigenvalue weighted by Gasteiger charge is 2.20. The van der Waals surface area contributed by atoms with Crippen LogP contribution in [-0.4, -0.2) is 21.4 Å². The molecule has 1 aromatic rings. The quantitative estimate of drug-likeness (QED) is 0.639. The van der Waals surface area contributed by atoms with Crippen molar-refractivity contribution >= 4 is 11.6 Å². The van der Waals surface area contributed by atoms with Gasteiger partial charge in [0.25, 0.3) is 0 Å². The van der Waals surface area contributed by atoms with E-state index < -0.39 is 12.2 Å². The van der Waals surface area contributed by atoms with Crippen molar-refractivity contribution in [3.05, 3.63) is 28.8 Å². The first kappa shape index (κ1) is 10.8. The molecule has 1 aromatic carbocycles. The van der Waals surface area contributed by atoms with Crippen molar-refractivity contribution in [2.24, 2.45) is 0 Å². The van der Waals surface area contributed by atoms with E-state index in [1.54, 1.807) is 0 Å². The molecule has 3 N–H and O–H groups in total. The first-order valence-electron chi connectivity index (χ1n) is 3.80. The first-order chi connectivity index (χ1) is 6.56. The summed E-state index contributed by atoms with van der Waals surface area (Å²) < 4.78 is 0. The van der Waals surface area contributed by atoms with Crippen LogP contribution in [0.1, 0.15) is 11.7 Å². The smallest absolute Gasteiger partial charge is 0.170 e. The minimum absolute atomic E-state index is 0.0726. The maximum Gasteiger partial charge on any atom is 0.170 e. The van der Waals surface area contributed by atoms with E-state index in [9.17, 15) is 10.2 Å². The van der Waals surface area contributed by atoms with E-state index in [1.807, 2.05) is 0 Å². The van der Waals surface area contributed by atoms with Gasteiger partial charge in [0.2, 0.25) is 0 Å². The number of rotatable bonds is 2. The number of phenolic OH excluding ortho intramolecular Hbond substituents is 1. The molecule has 0 saturated heterocycles. The number of aliphatic hydroxyl groups excluding tert-OH is 2. The molecule has 0 saturated carbocycles. The highest BCUT2D eigenvalue weighted by atomic mass is 35.5. The lowest BCUT2D eigenvalue weighted by molar-refractivity contribution is 0.0511. The van der Waals surface area contributed by atoms with Crippen LogP contribution < -0.4 is 0 Å². The van der Waals surface area contributed by atoms with E-state index in [-0.39, 0.29) is 11.3 Å². The van der Waals surface area contributed by atoms with Gasteiger partial charge >= 0.3 is 0 Å². The van der Waals surface area contributed by atoms with E-state index in [4.69, 9.17) is 22.0 Å². The molecule has 14 heavy (non-hydrogen) atoms. The topological polar surface area (TPSA) is 84.5 Å². The van der Waals surface area contributed by atoms with Gasteiger partial charge in [0, 0.05) is 10.6 Å². The molecule has 0 aliphatic rings. The summed E-state index contributed by atoms with van der Waals surface area (Å²) in [6.07, 6.45) is -3.00. The number of nitrogens with zero attached hydrogens (tertiary/aromatic N) is 1. The van der Waals surface area contributed by atoms with Crippen LogP contribution in [0, 0.1) is 11.3 Å². The normalized spacial score (nSPS) is 14.4. The minimum Gasteiger partial charge on any atom is -0.508 e. The minimum atomic E-state index is -1.57. The molecule has 74 valence electrons. The number of hydrogen-bond donors (Lipinski definition) is 3. The Labute approximate surface area is 85.6 Å². The van der Waals surface area contributed by atoms with Gasteiger partial charge in [0.1, 0.15) is 11.9 Å². The average molecular weight is 214 g/mol. The molecule has 2 atom stereocenters. The molecule has 1 rings (SSSR count). The van der Waals surface area contributed by atoms with Crippen molar-refractivity contribution in [2.75, 3.05) is 0 Å². The Morgan fingerprint density at radius 2 is 2.00 bits per heavy atom. The molecule has 0 heterocycles. The van der Waals surface area contributed by atoms with Crippen LogP contribution in [0.25, 0.3) is 0 Å². The zero-order valence-corrected chi connectivity index (χ0v) is 7.81. The molecule has 0 radical (unpaired) electrons. The lowest BCUT2D eigenvalue weighted by atomic mass is 10.0. The second-order valence-corrected chi connectivity index (χ2v) is 3.16. The summed E-state index contributed by atoms with van der Waals surface area (Å²) in [5.41, 5.74) is 0.0726. The highest BCUT2D eigenvalue weighted by molar-refractivity contribution is 6.30. The van der Waals surface area contributed by atoms with E-state index in [1.165, 1.54) is 24.3 Å². The van der Waals surface area contributed by atoms with Gasteiger partial charge in [-0.25, -0.2) is 0 Å². The number of aromatic hydroxyl groups is 1. The fourth-order valence-electron chi connectivity index (χ4n) is 1.01. The maximum atomic E-state index is 9.39. The van der Waals surface area contributed by atoms with Gasteiger partial charge in [-0.05, 0) is 12.1 Å². The molecule has 5 heteroatoms. The van der Waals surface area contributed by atoms with Crippen molar-refractivity contribution in [1.29, 1.82) is 5.26 Å². The lowest BCUT2D eigenvalue weighted by Gasteiger charge is -2.13. The van der Waals surface area contributed by atoms with Crippen LogP contribution in [0.2, 0.25) is 5.02 Å². The Morgan fingerprint density at radius 1 is 1.36 bits per heavy atom. The summed E-state index contributed by atoms with van der Waals surface area (Å²) in [5, 5.41) is 36.4. The van der Waals surface area contributed by atoms with Gasteiger partial charge in [0.05, 0.1) is 6.07 Å². The monoisotopic (exact) mass is 213 g/mol. The third-order valence-electron chi connectivity index (χ3n) is 1.74. The predicted molar refractivity (Wildman–Crippen MR) is 49.7 cm³/mol. The Hall–Kier alpha value is -1.28. The van der Waals surface area contributed by atoms with Crippen molar-refractivity contribution in [2.45, 2.75) is 12.2 Å². The molecule has 0 fully saturated rings.